The van der Waals surface area contributed by atoms with Gasteiger partial charge >= 0.3 is 5.97 Å². The normalized spacial score (nSPS) is 13.4. The van der Waals surface area contributed by atoms with E-state index in [1.54, 1.807) is 14.2 Å². The Bertz CT molecular complexity index is 1520. The summed E-state index contributed by atoms with van der Waals surface area (Å²) in [5.74, 6) is 2.03. The van der Waals surface area contributed by atoms with Crippen LogP contribution in [-0.4, -0.2) is 52.2 Å². The Kier molecular flexibility index (Phi) is 8.03. The summed E-state index contributed by atoms with van der Waals surface area (Å²) < 4.78 is 35.5. The third kappa shape index (κ3) is 4.80. The highest BCUT2D eigenvalue weighted by atomic mass is 16.6. The lowest BCUT2D eigenvalue weighted by Gasteiger charge is -2.41. The van der Waals surface area contributed by atoms with Crippen molar-refractivity contribution in [2.75, 3.05) is 41.2 Å². The van der Waals surface area contributed by atoms with Gasteiger partial charge in [-0.05, 0) is 37.3 Å². The molecule has 0 atom stereocenters. The molecular formula is C33H32O8. The van der Waals surface area contributed by atoms with Crippen LogP contribution in [0.3, 0.4) is 0 Å². The lowest BCUT2D eigenvalue weighted by molar-refractivity contribution is 0.0570. The van der Waals surface area contributed by atoms with E-state index in [0.717, 1.165) is 16.5 Å². The number of ether oxygens (including phenoxy) is 6. The lowest BCUT2D eigenvalue weighted by atomic mass is 9.80. The molecule has 1 heterocycles. The highest BCUT2D eigenvalue weighted by molar-refractivity contribution is 6.09. The predicted octanol–water partition coefficient (Wildman–Crippen LogP) is 5.73. The average molecular weight is 557 g/mol. The minimum atomic E-state index is -1.23. The van der Waals surface area contributed by atoms with Crippen LogP contribution in [0.25, 0.3) is 16.8 Å². The monoisotopic (exact) mass is 556 g/mol. The highest BCUT2D eigenvalue weighted by Gasteiger charge is 2.47. The summed E-state index contributed by atoms with van der Waals surface area (Å²) in [7, 11) is 4.55. The summed E-state index contributed by atoms with van der Waals surface area (Å²) in [5.41, 5.74) is 0.997. The fourth-order valence-electron chi connectivity index (χ4n) is 5.20. The number of rotatable bonds is 10. The fraction of sp³-hybridized carbons (Fsp3) is 0.242. The van der Waals surface area contributed by atoms with Crippen molar-refractivity contribution in [2.45, 2.75) is 12.5 Å². The van der Waals surface area contributed by atoms with Crippen molar-refractivity contribution < 1.29 is 38.3 Å². The van der Waals surface area contributed by atoms with Crippen molar-refractivity contribution in [3.8, 4) is 23.0 Å². The second-order valence-electron chi connectivity index (χ2n) is 9.24. The Balaban J connectivity index is 1.88. The number of esters is 1. The van der Waals surface area contributed by atoms with Crippen LogP contribution in [-0.2, 0) is 15.1 Å². The molecule has 8 nitrogen and oxygen atoms in total. The van der Waals surface area contributed by atoms with E-state index in [9.17, 15) is 9.90 Å². The molecule has 0 fully saturated rings. The Labute approximate surface area is 238 Å². The molecule has 0 amide bonds. The summed E-state index contributed by atoms with van der Waals surface area (Å²) in [4.78, 5) is 13.3. The number of carbonyl (C=O) groups excluding carboxylic acids is 1. The van der Waals surface area contributed by atoms with Gasteiger partial charge in [-0.2, -0.15) is 0 Å². The quantitative estimate of drug-likeness (QED) is 0.248. The van der Waals surface area contributed by atoms with E-state index in [2.05, 4.69) is 0 Å². The number of methoxy groups -OCH3 is 3. The van der Waals surface area contributed by atoms with Crippen molar-refractivity contribution in [1.82, 2.24) is 0 Å². The molecule has 0 aliphatic carbocycles. The zero-order valence-electron chi connectivity index (χ0n) is 23.4. The lowest BCUT2D eigenvalue weighted by Crippen LogP contribution is -2.40. The molecule has 0 unspecified atom stereocenters. The maximum atomic E-state index is 13.3. The van der Waals surface area contributed by atoms with Crippen LogP contribution in [0.4, 0.5) is 0 Å². The van der Waals surface area contributed by atoms with E-state index in [1.165, 1.54) is 7.11 Å². The molecule has 0 radical (unpaired) electrons. The van der Waals surface area contributed by atoms with Gasteiger partial charge in [0.1, 0.15) is 40.9 Å². The highest BCUT2D eigenvalue weighted by Crippen LogP contribution is 2.52. The molecule has 1 N–H and O–H groups in total. The van der Waals surface area contributed by atoms with Crippen LogP contribution in [0, 0.1) is 0 Å². The second-order valence-corrected chi connectivity index (χ2v) is 9.24. The molecule has 0 aromatic heterocycles. The second kappa shape index (κ2) is 11.8. The molecule has 0 spiro atoms. The molecule has 8 heteroatoms. The third-order valence-electron chi connectivity index (χ3n) is 7.06. The van der Waals surface area contributed by atoms with Gasteiger partial charge in [0.05, 0.1) is 34.5 Å². The molecule has 1 aliphatic rings. The first kappa shape index (κ1) is 27.9. The predicted molar refractivity (Wildman–Crippen MR) is 155 cm³/mol. The minimum Gasteiger partial charge on any atom is -0.497 e. The van der Waals surface area contributed by atoms with Crippen molar-refractivity contribution >= 4 is 22.8 Å². The van der Waals surface area contributed by atoms with Crippen LogP contribution in [0.1, 0.15) is 34.0 Å². The van der Waals surface area contributed by atoms with Gasteiger partial charge in [-0.15, -0.1) is 0 Å². The average Bonchev–Trinajstić information content (AvgIpc) is 3.03. The fourth-order valence-corrected chi connectivity index (χ4v) is 5.20. The number of benzene rings is 4. The third-order valence-corrected chi connectivity index (χ3v) is 7.06. The van der Waals surface area contributed by atoms with Crippen molar-refractivity contribution in [3.63, 3.8) is 0 Å². The van der Waals surface area contributed by atoms with Gasteiger partial charge in [0.2, 0.25) is 5.60 Å². The summed E-state index contributed by atoms with van der Waals surface area (Å²) in [6.07, 6.45) is 1.82. The van der Waals surface area contributed by atoms with Crippen LogP contribution < -0.4 is 18.9 Å². The van der Waals surface area contributed by atoms with Crippen molar-refractivity contribution in [3.05, 3.63) is 101 Å². The smallest absolute Gasteiger partial charge is 0.342 e. The van der Waals surface area contributed by atoms with Gasteiger partial charge in [0.15, 0.2) is 0 Å². The maximum Gasteiger partial charge on any atom is 0.342 e. The molecule has 0 saturated heterocycles. The van der Waals surface area contributed by atoms with Crippen LogP contribution in [0.5, 0.6) is 23.0 Å². The van der Waals surface area contributed by atoms with E-state index in [-0.39, 0.29) is 18.8 Å². The number of aliphatic hydroxyl groups is 1. The molecule has 212 valence electrons. The summed E-state index contributed by atoms with van der Waals surface area (Å²) in [6, 6.07) is 22.7. The molecule has 1 aliphatic heterocycles. The zero-order valence-corrected chi connectivity index (χ0v) is 23.4. The molecule has 5 rings (SSSR count). The first-order valence-electron chi connectivity index (χ1n) is 13.3. The van der Waals surface area contributed by atoms with Gasteiger partial charge in [-0.25, -0.2) is 4.79 Å². The summed E-state index contributed by atoms with van der Waals surface area (Å²) in [6.45, 7) is 2.01. The number of hydrogen-bond acceptors (Lipinski definition) is 8. The van der Waals surface area contributed by atoms with Crippen LogP contribution in [0.15, 0.2) is 78.6 Å². The molecule has 0 bridgehead atoms. The van der Waals surface area contributed by atoms with Gasteiger partial charge in [-0.3, -0.25) is 0 Å². The van der Waals surface area contributed by atoms with Crippen molar-refractivity contribution in [1.29, 1.82) is 0 Å². The number of aliphatic hydroxyl groups excluding tert-OH is 1. The zero-order chi connectivity index (χ0) is 29.0. The molecule has 41 heavy (non-hydrogen) atoms. The molecule has 4 aromatic rings. The Hall–Kier alpha value is -4.69. The van der Waals surface area contributed by atoms with E-state index in [0.29, 0.717) is 46.3 Å². The Morgan fingerprint density at radius 3 is 1.93 bits per heavy atom. The van der Waals surface area contributed by atoms with Gasteiger partial charge in [0, 0.05) is 27.5 Å². The number of carbonyl (C=O) groups is 1. The first-order chi connectivity index (χ1) is 20.0. The van der Waals surface area contributed by atoms with Crippen LogP contribution >= 0.6 is 0 Å². The molecule has 4 aromatic carbocycles. The summed E-state index contributed by atoms with van der Waals surface area (Å²) in [5, 5.41) is 10.9. The van der Waals surface area contributed by atoms with E-state index >= 15 is 0 Å². The van der Waals surface area contributed by atoms with Gasteiger partial charge < -0.3 is 33.5 Å². The number of hydrogen-bond donors (Lipinski definition) is 1. The van der Waals surface area contributed by atoms with E-state index < -0.39 is 11.6 Å². The Morgan fingerprint density at radius 2 is 1.41 bits per heavy atom. The van der Waals surface area contributed by atoms with Crippen molar-refractivity contribution in [2.24, 2.45) is 0 Å². The summed E-state index contributed by atoms with van der Waals surface area (Å²) >= 11 is 0. The van der Waals surface area contributed by atoms with Gasteiger partial charge in [-0.1, -0.05) is 48.5 Å². The van der Waals surface area contributed by atoms with Crippen LogP contribution in [0.2, 0.25) is 0 Å². The minimum absolute atomic E-state index is 0.00268. The van der Waals surface area contributed by atoms with E-state index in [4.69, 9.17) is 28.4 Å². The largest absolute Gasteiger partial charge is 0.497 e. The topological polar surface area (TPSA) is 92.7 Å². The first-order valence-corrected chi connectivity index (χ1v) is 13.3. The standard InChI is InChI=1S/C33H32O8/c1-5-39-28-20-27-29(32(35)38-4)31(40-19-18-34)26-9-7-6-8-25(26)30(27)41-33(28,21-10-14-23(36-2)15-11-21)22-12-16-24(37-3)17-13-22/h6-17,20,34H,5,18-19H2,1-4H3. The number of fused-ring (bicyclic) bond motifs is 3. The Morgan fingerprint density at radius 1 is 0.829 bits per heavy atom. The molecule has 0 saturated carbocycles. The molecular weight excluding hydrogens is 524 g/mol. The SMILES string of the molecule is CCOC1=Cc2c(C(=O)OC)c(OCCO)c3ccccc3c2OC1(c1ccc(OC)cc1)c1ccc(OC)cc1. The maximum absolute atomic E-state index is 13.3. The van der Waals surface area contributed by atoms with E-state index in [1.807, 2.05) is 85.8 Å². The van der Waals surface area contributed by atoms with Gasteiger partial charge in [0.25, 0.3) is 0 Å².